The van der Waals surface area contributed by atoms with Gasteiger partial charge >= 0.3 is 0 Å². The first-order chi connectivity index (χ1) is 20.6. The molecule has 0 aliphatic rings. The molecule has 0 N–H and O–H groups in total. The van der Waals surface area contributed by atoms with Crippen LogP contribution in [0.1, 0.15) is 125 Å². The Labute approximate surface area is 289 Å². The molecule has 1 nitrogen and oxygen atoms in total. The van der Waals surface area contributed by atoms with E-state index in [9.17, 15) is 0 Å². The van der Waals surface area contributed by atoms with E-state index in [0.29, 0.717) is 0 Å². The Morgan fingerprint density at radius 3 is 0.696 bits per heavy atom. The maximum atomic E-state index is 2.55. The Morgan fingerprint density at radius 2 is 0.522 bits per heavy atom. The van der Waals surface area contributed by atoms with Crippen molar-refractivity contribution in [2.45, 2.75) is 156 Å². The van der Waals surface area contributed by atoms with Crippen molar-refractivity contribution in [1.29, 1.82) is 0 Å². The van der Waals surface area contributed by atoms with Crippen LogP contribution < -0.4 is 20.8 Å². The maximum Gasteiger partial charge on any atom is 0.0467 e. The maximum absolute atomic E-state index is 2.55. The van der Waals surface area contributed by atoms with Crippen molar-refractivity contribution in [3.63, 3.8) is 0 Å². The van der Waals surface area contributed by atoms with Crippen LogP contribution in [0.15, 0.2) is 72.8 Å². The summed E-state index contributed by atoms with van der Waals surface area (Å²) in [6.07, 6.45) is 0. The van der Waals surface area contributed by atoms with Crippen LogP contribution in [0, 0.1) is 0 Å². The van der Waals surface area contributed by atoms with Gasteiger partial charge in [-0.3, -0.25) is 0 Å². The highest BCUT2D eigenvalue weighted by atomic mass is 31.1. The molecule has 3 aromatic rings. The molecule has 0 heterocycles. The molecule has 0 saturated heterocycles. The van der Waals surface area contributed by atoms with Gasteiger partial charge in [-0.2, -0.15) is 0 Å². The Bertz CT molecular complexity index is 1240. The number of hydrogen-bond acceptors (Lipinski definition) is 1. The van der Waals surface area contributed by atoms with Crippen molar-refractivity contribution in [2.24, 2.45) is 0 Å². The molecule has 0 saturated carbocycles. The molecular weight excluding hydrogens is 611 g/mol. The van der Waals surface area contributed by atoms with Crippen LogP contribution in [0.5, 0.6) is 0 Å². The minimum absolute atomic E-state index is 0.196. The van der Waals surface area contributed by atoms with Crippen LogP contribution >= 0.6 is 23.8 Å². The molecular formula is C42H66NP3. The van der Waals surface area contributed by atoms with Gasteiger partial charge in [0, 0.05) is 17.1 Å². The predicted octanol–water partition coefficient (Wildman–Crippen LogP) is 13.3. The first-order valence-corrected chi connectivity index (χ1v) is 21.2. The minimum Gasteiger partial charge on any atom is -0.310 e. The topological polar surface area (TPSA) is 3.24 Å². The third-order valence-electron chi connectivity index (χ3n) is 8.06. The number of rotatable bonds is 6. The highest BCUT2D eigenvalue weighted by molar-refractivity contribution is 7.69. The van der Waals surface area contributed by atoms with E-state index < -0.39 is 23.8 Å². The second kappa shape index (κ2) is 13.6. The van der Waals surface area contributed by atoms with Crippen molar-refractivity contribution in [1.82, 2.24) is 0 Å². The third-order valence-corrected chi connectivity index (χ3v) is 18.5. The molecule has 0 aliphatic heterocycles. The van der Waals surface area contributed by atoms with Crippen molar-refractivity contribution in [2.75, 3.05) is 4.90 Å². The van der Waals surface area contributed by atoms with Crippen molar-refractivity contribution in [3.05, 3.63) is 72.8 Å². The second-order valence-corrected chi connectivity index (χ2v) is 30.5. The van der Waals surface area contributed by atoms with Gasteiger partial charge in [-0.25, -0.2) is 0 Å². The van der Waals surface area contributed by atoms with E-state index in [1.807, 2.05) is 0 Å². The summed E-state index contributed by atoms with van der Waals surface area (Å²) in [5.74, 6) is 0. The summed E-state index contributed by atoms with van der Waals surface area (Å²) in [6, 6.07) is 28.5. The van der Waals surface area contributed by atoms with Crippen molar-refractivity contribution >= 4 is 56.7 Å². The molecule has 0 bridgehead atoms. The van der Waals surface area contributed by atoms with Gasteiger partial charge in [0.05, 0.1) is 0 Å². The fourth-order valence-corrected chi connectivity index (χ4v) is 20.3. The average Bonchev–Trinajstić information content (AvgIpc) is 2.79. The Balaban J connectivity index is 2.38. The molecule has 0 spiro atoms. The second-order valence-electron chi connectivity index (χ2n) is 18.9. The van der Waals surface area contributed by atoms with Crippen LogP contribution in [0.2, 0.25) is 0 Å². The molecule has 0 atom stereocenters. The van der Waals surface area contributed by atoms with E-state index in [1.54, 1.807) is 0 Å². The van der Waals surface area contributed by atoms with E-state index in [-0.39, 0.29) is 30.9 Å². The van der Waals surface area contributed by atoms with Gasteiger partial charge in [-0.15, -0.1) is 0 Å². The summed E-state index contributed by atoms with van der Waals surface area (Å²) in [6.45, 7) is 43.6. The van der Waals surface area contributed by atoms with Crippen LogP contribution in [-0.2, 0) is 0 Å². The predicted molar refractivity (Wildman–Crippen MR) is 219 cm³/mol. The molecule has 254 valence electrons. The summed E-state index contributed by atoms with van der Waals surface area (Å²) in [5, 5.41) is 5.60. The zero-order valence-corrected chi connectivity index (χ0v) is 35.4. The Hall–Kier alpha value is -1.25. The van der Waals surface area contributed by atoms with Gasteiger partial charge in [0.2, 0.25) is 0 Å². The van der Waals surface area contributed by atoms with Crippen molar-refractivity contribution in [3.8, 4) is 0 Å². The summed E-state index contributed by atoms with van der Waals surface area (Å²) in [5.41, 5.74) is 3.75. The van der Waals surface area contributed by atoms with Gasteiger partial charge < -0.3 is 4.90 Å². The molecule has 46 heavy (non-hydrogen) atoms. The monoisotopic (exact) mass is 677 g/mol. The van der Waals surface area contributed by atoms with E-state index >= 15 is 0 Å². The van der Waals surface area contributed by atoms with Crippen LogP contribution in [0.25, 0.3) is 0 Å². The van der Waals surface area contributed by atoms with Crippen LogP contribution in [0.3, 0.4) is 0 Å². The van der Waals surface area contributed by atoms with Gasteiger partial charge in [0.15, 0.2) is 0 Å². The fourth-order valence-electron chi connectivity index (χ4n) is 8.10. The largest absolute Gasteiger partial charge is 0.310 e. The lowest BCUT2D eigenvalue weighted by Crippen LogP contribution is -2.32. The van der Waals surface area contributed by atoms with Gasteiger partial charge in [0.1, 0.15) is 0 Å². The van der Waals surface area contributed by atoms with E-state index in [4.69, 9.17) is 0 Å². The SMILES string of the molecule is CC(C)(C)P(c1cccc(N(c2cccc(P(C(C)(C)C)C(C)(C)C)c2)c2cccc(P(C(C)(C)C)C(C)(C)C)c2)c1)C(C)(C)C. The van der Waals surface area contributed by atoms with Gasteiger partial charge in [0.25, 0.3) is 0 Å². The van der Waals surface area contributed by atoms with Crippen LogP contribution in [-0.4, -0.2) is 30.9 Å². The van der Waals surface area contributed by atoms with Gasteiger partial charge in [-0.05, 0) is 83.2 Å². The highest BCUT2D eigenvalue weighted by Gasteiger charge is 2.38. The summed E-state index contributed by atoms with van der Waals surface area (Å²) in [7, 11) is -1.30. The number of benzene rings is 3. The summed E-state index contributed by atoms with van der Waals surface area (Å²) >= 11 is 0. The first-order valence-electron chi connectivity index (χ1n) is 17.1. The molecule has 0 radical (unpaired) electrons. The molecule has 0 unspecified atom stereocenters. The normalized spacial score (nSPS) is 14.0. The van der Waals surface area contributed by atoms with E-state index in [2.05, 4.69) is 202 Å². The zero-order chi connectivity index (χ0) is 35.3. The standard InChI is InChI=1S/C42H66NP3/c1-37(2,3)44(38(4,5)6)34-25-19-22-31(28-34)43(32-23-20-26-35(29-32)45(39(7,8)9)40(10,11)12)33-24-21-27-36(30-33)46(41(13,14)15)42(16,17)18/h19-30H,1-18H3. The van der Waals surface area contributed by atoms with Gasteiger partial charge in [-0.1, -0.05) is 185 Å². The molecule has 3 aromatic carbocycles. The van der Waals surface area contributed by atoms with E-state index in [0.717, 1.165) is 0 Å². The lowest BCUT2D eigenvalue weighted by atomic mass is 10.2. The fraction of sp³-hybridized carbons (Fsp3) is 0.571. The minimum atomic E-state index is -0.432. The number of nitrogens with zero attached hydrogens (tertiary/aromatic N) is 1. The molecule has 0 fully saturated rings. The number of anilines is 3. The smallest absolute Gasteiger partial charge is 0.0467 e. The highest BCUT2D eigenvalue weighted by Crippen LogP contribution is 2.61. The van der Waals surface area contributed by atoms with Crippen LogP contribution in [0.4, 0.5) is 17.1 Å². The lowest BCUT2D eigenvalue weighted by molar-refractivity contribution is 0.714. The van der Waals surface area contributed by atoms with Crippen molar-refractivity contribution < 1.29 is 0 Å². The van der Waals surface area contributed by atoms with E-state index in [1.165, 1.54) is 33.0 Å². The molecule has 0 amide bonds. The average molecular weight is 678 g/mol. The quantitative estimate of drug-likeness (QED) is 0.235. The molecule has 0 aromatic heterocycles. The molecule has 0 aliphatic carbocycles. The molecule has 4 heteroatoms. The first kappa shape index (κ1) is 39.2. The third kappa shape index (κ3) is 9.46. The Morgan fingerprint density at radius 1 is 0.326 bits per heavy atom. The summed E-state index contributed by atoms with van der Waals surface area (Å²) in [4.78, 5) is 2.55. The lowest BCUT2D eigenvalue weighted by Gasteiger charge is -2.43. The zero-order valence-electron chi connectivity index (χ0n) is 32.7. The number of hydrogen-bond donors (Lipinski definition) is 0. The summed E-state index contributed by atoms with van der Waals surface area (Å²) < 4.78 is 0. The molecule has 3 rings (SSSR count). The Kier molecular flexibility index (Phi) is 11.6.